The average molecular weight is 455 g/mol. The third kappa shape index (κ3) is 3.50. The summed E-state index contributed by atoms with van der Waals surface area (Å²) >= 11 is 12.5. The molecule has 1 aromatic heterocycles. The summed E-state index contributed by atoms with van der Waals surface area (Å²) in [4.78, 5) is 11.5. The summed E-state index contributed by atoms with van der Waals surface area (Å²) in [7, 11) is 0. The van der Waals surface area contributed by atoms with E-state index in [1.807, 2.05) is 12.1 Å². The first-order chi connectivity index (χ1) is 15.0. The lowest BCUT2D eigenvalue weighted by Crippen LogP contribution is -2.45. The second-order valence-electron chi connectivity index (χ2n) is 8.49. The molecule has 5 rings (SSSR count). The van der Waals surface area contributed by atoms with Crippen LogP contribution in [0, 0.1) is 5.41 Å². The lowest BCUT2D eigenvalue weighted by Gasteiger charge is -2.42. The number of hydrogen-bond acceptors (Lipinski definition) is 5. The van der Waals surface area contributed by atoms with Crippen molar-refractivity contribution in [3.8, 4) is 11.3 Å². The summed E-state index contributed by atoms with van der Waals surface area (Å²) in [5, 5.41) is 10.9. The van der Waals surface area contributed by atoms with E-state index < -0.39 is 0 Å². The number of aliphatic hydroxyl groups is 1. The molecule has 1 saturated heterocycles. The van der Waals surface area contributed by atoms with E-state index in [-0.39, 0.29) is 18.1 Å². The summed E-state index contributed by atoms with van der Waals surface area (Å²) in [6, 6.07) is 14.0. The smallest absolute Gasteiger partial charge is 0.152 e. The SMILES string of the molecule is NC1c2ccccc2CC12CCN(c1ncc(-c3cccc(Cl)c3Cl)nc1CO)CC2. The maximum atomic E-state index is 10.0. The van der Waals surface area contributed by atoms with Gasteiger partial charge < -0.3 is 15.7 Å². The van der Waals surface area contributed by atoms with Crippen LogP contribution in [0.3, 0.4) is 0 Å². The van der Waals surface area contributed by atoms with Crippen LogP contribution in [0.2, 0.25) is 10.0 Å². The Bertz CT molecular complexity index is 1130. The molecule has 3 N–H and O–H groups in total. The fourth-order valence-corrected chi connectivity index (χ4v) is 5.49. The highest BCUT2D eigenvalue weighted by atomic mass is 35.5. The van der Waals surface area contributed by atoms with Crippen molar-refractivity contribution >= 4 is 29.0 Å². The first-order valence-electron chi connectivity index (χ1n) is 10.5. The van der Waals surface area contributed by atoms with Crippen molar-refractivity contribution in [1.29, 1.82) is 0 Å². The van der Waals surface area contributed by atoms with E-state index in [4.69, 9.17) is 28.9 Å². The van der Waals surface area contributed by atoms with E-state index in [0.29, 0.717) is 27.0 Å². The maximum Gasteiger partial charge on any atom is 0.152 e. The number of halogens is 2. The minimum Gasteiger partial charge on any atom is -0.390 e. The molecule has 0 radical (unpaired) electrons. The fraction of sp³-hybridized carbons (Fsp3) is 0.333. The summed E-state index contributed by atoms with van der Waals surface area (Å²) in [5.41, 5.74) is 11.3. The highest BCUT2D eigenvalue weighted by Crippen LogP contribution is 2.51. The van der Waals surface area contributed by atoms with Gasteiger partial charge in [0.25, 0.3) is 0 Å². The van der Waals surface area contributed by atoms with Gasteiger partial charge in [-0.05, 0) is 41.9 Å². The molecule has 2 heterocycles. The topological polar surface area (TPSA) is 75.3 Å². The monoisotopic (exact) mass is 454 g/mol. The quantitative estimate of drug-likeness (QED) is 0.594. The summed E-state index contributed by atoms with van der Waals surface area (Å²) in [5.74, 6) is 0.725. The fourth-order valence-electron chi connectivity index (χ4n) is 5.09. The van der Waals surface area contributed by atoms with Crippen molar-refractivity contribution in [2.24, 2.45) is 11.1 Å². The Morgan fingerprint density at radius 1 is 1.10 bits per heavy atom. The van der Waals surface area contributed by atoms with Crippen molar-refractivity contribution in [3.63, 3.8) is 0 Å². The highest BCUT2D eigenvalue weighted by Gasteiger charge is 2.46. The van der Waals surface area contributed by atoms with Crippen LogP contribution in [0.25, 0.3) is 11.3 Å². The molecule has 0 amide bonds. The lowest BCUT2D eigenvalue weighted by atomic mass is 9.73. The molecule has 2 aliphatic rings. The van der Waals surface area contributed by atoms with Gasteiger partial charge in [0.2, 0.25) is 0 Å². The molecule has 1 unspecified atom stereocenters. The Labute approximate surface area is 191 Å². The van der Waals surface area contributed by atoms with Crippen LogP contribution in [0.4, 0.5) is 5.82 Å². The second-order valence-corrected chi connectivity index (χ2v) is 9.27. The number of rotatable bonds is 3. The number of anilines is 1. The van der Waals surface area contributed by atoms with E-state index >= 15 is 0 Å². The second kappa shape index (κ2) is 8.06. The predicted octanol–water partition coefficient (Wildman–Crippen LogP) is 4.79. The number of piperidine rings is 1. The van der Waals surface area contributed by atoms with Gasteiger partial charge in [-0.2, -0.15) is 0 Å². The number of aromatic nitrogens is 2. The van der Waals surface area contributed by atoms with Crippen LogP contribution in [-0.2, 0) is 13.0 Å². The summed E-state index contributed by atoms with van der Waals surface area (Å²) in [6.45, 7) is 1.47. The normalized spacial score (nSPS) is 19.6. The van der Waals surface area contributed by atoms with E-state index in [1.54, 1.807) is 12.3 Å². The molecule has 1 atom stereocenters. The first kappa shape index (κ1) is 20.7. The van der Waals surface area contributed by atoms with Gasteiger partial charge >= 0.3 is 0 Å². The summed E-state index contributed by atoms with van der Waals surface area (Å²) in [6.07, 6.45) is 4.70. The molecule has 0 bridgehead atoms. The number of nitrogens with zero attached hydrogens (tertiary/aromatic N) is 3. The number of hydrogen-bond donors (Lipinski definition) is 2. The Morgan fingerprint density at radius 2 is 1.87 bits per heavy atom. The van der Waals surface area contributed by atoms with Gasteiger partial charge in [0.1, 0.15) is 5.69 Å². The van der Waals surface area contributed by atoms with Crippen LogP contribution < -0.4 is 10.6 Å². The zero-order valence-electron chi connectivity index (χ0n) is 17.1. The Kier molecular flexibility index (Phi) is 5.39. The van der Waals surface area contributed by atoms with Crippen LogP contribution >= 0.6 is 23.2 Å². The maximum absolute atomic E-state index is 10.0. The lowest BCUT2D eigenvalue weighted by molar-refractivity contribution is 0.186. The van der Waals surface area contributed by atoms with Crippen molar-refractivity contribution in [2.75, 3.05) is 18.0 Å². The van der Waals surface area contributed by atoms with E-state index in [0.717, 1.165) is 38.2 Å². The summed E-state index contributed by atoms with van der Waals surface area (Å²) < 4.78 is 0. The molecule has 160 valence electrons. The van der Waals surface area contributed by atoms with Crippen LogP contribution in [-0.4, -0.2) is 28.2 Å². The minimum absolute atomic E-state index is 0.0709. The molecule has 7 heteroatoms. The van der Waals surface area contributed by atoms with Gasteiger partial charge in [-0.15, -0.1) is 0 Å². The molecular formula is C24H24Cl2N4O. The van der Waals surface area contributed by atoms with E-state index in [9.17, 15) is 5.11 Å². The zero-order valence-corrected chi connectivity index (χ0v) is 18.6. The van der Waals surface area contributed by atoms with Gasteiger partial charge in [-0.3, -0.25) is 0 Å². The van der Waals surface area contributed by atoms with E-state index in [1.165, 1.54) is 11.1 Å². The molecule has 0 saturated carbocycles. The third-order valence-corrected chi connectivity index (χ3v) is 7.67. The molecule has 3 aromatic rings. The molecule has 1 spiro atoms. The van der Waals surface area contributed by atoms with Crippen molar-refractivity contribution in [3.05, 3.63) is 75.5 Å². The number of aliphatic hydroxyl groups excluding tert-OH is 1. The highest BCUT2D eigenvalue weighted by molar-refractivity contribution is 6.43. The standard InChI is InChI=1S/C24H24Cl2N4O/c25-18-7-3-6-17(21(18)26)19-13-28-23(20(14-31)29-19)30-10-8-24(9-11-30)12-15-4-1-2-5-16(15)22(24)27/h1-7,13,22,31H,8-12,14,27H2. The van der Waals surface area contributed by atoms with Gasteiger partial charge in [0.05, 0.1) is 28.5 Å². The largest absolute Gasteiger partial charge is 0.390 e. The average Bonchev–Trinajstić information content (AvgIpc) is 3.07. The first-order valence-corrected chi connectivity index (χ1v) is 11.3. The van der Waals surface area contributed by atoms with Gasteiger partial charge in [0, 0.05) is 24.7 Å². The van der Waals surface area contributed by atoms with Crippen LogP contribution in [0.5, 0.6) is 0 Å². The molecule has 1 aliphatic carbocycles. The number of nitrogens with two attached hydrogens (primary N) is 1. The Morgan fingerprint density at radius 3 is 2.61 bits per heavy atom. The van der Waals surface area contributed by atoms with Crippen LogP contribution in [0.1, 0.15) is 35.7 Å². The molecule has 1 aliphatic heterocycles. The van der Waals surface area contributed by atoms with Crippen molar-refractivity contribution < 1.29 is 5.11 Å². The van der Waals surface area contributed by atoms with Gasteiger partial charge in [-0.25, -0.2) is 9.97 Å². The zero-order chi connectivity index (χ0) is 21.6. The van der Waals surface area contributed by atoms with E-state index in [2.05, 4.69) is 39.1 Å². The number of fused-ring (bicyclic) bond motifs is 1. The molecule has 1 fully saturated rings. The molecule has 5 nitrogen and oxygen atoms in total. The molecule has 2 aromatic carbocycles. The van der Waals surface area contributed by atoms with Crippen LogP contribution in [0.15, 0.2) is 48.7 Å². The predicted molar refractivity (Wildman–Crippen MR) is 124 cm³/mol. The Balaban J connectivity index is 1.38. The van der Waals surface area contributed by atoms with Gasteiger partial charge in [0.15, 0.2) is 5.82 Å². The molecule has 31 heavy (non-hydrogen) atoms. The van der Waals surface area contributed by atoms with Gasteiger partial charge in [-0.1, -0.05) is 59.6 Å². The number of benzene rings is 2. The minimum atomic E-state index is -0.193. The Hall–Kier alpha value is -2.18. The molecular weight excluding hydrogens is 431 g/mol. The third-order valence-electron chi connectivity index (χ3n) is 6.85. The van der Waals surface area contributed by atoms with Crippen molar-refractivity contribution in [2.45, 2.75) is 31.9 Å². The van der Waals surface area contributed by atoms with Crippen molar-refractivity contribution in [1.82, 2.24) is 9.97 Å².